The van der Waals surface area contributed by atoms with Crippen molar-refractivity contribution < 1.29 is 9.53 Å². The number of ether oxygens (including phenoxy) is 1. The Labute approximate surface area is 152 Å². The molecule has 2 aromatic rings. The second-order valence-electron chi connectivity index (χ2n) is 6.89. The van der Waals surface area contributed by atoms with Gasteiger partial charge >= 0.3 is 5.97 Å². The summed E-state index contributed by atoms with van der Waals surface area (Å²) in [6, 6.07) is 0. The van der Waals surface area contributed by atoms with Crippen LogP contribution >= 0.6 is 11.3 Å². The van der Waals surface area contributed by atoms with Gasteiger partial charge in [0.1, 0.15) is 15.5 Å². The Morgan fingerprint density at radius 2 is 1.88 bits per heavy atom. The summed E-state index contributed by atoms with van der Waals surface area (Å²) >= 11 is 1.39. The molecular weight excluding hydrogens is 334 g/mol. The monoisotopic (exact) mass is 359 g/mol. The third kappa shape index (κ3) is 2.86. The average molecular weight is 359 g/mol. The smallest absolute Gasteiger partial charge is 0.350 e. The number of aryl methyl sites for hydroxylation is 1. The Balaban J connectivity index is 1.88. The molecule has 1 aliphatic heterocycles. The molecule has 1 saturated heterocycles. The summed E-state index contributed by atoms with van der Waals surface area (Å²) in [5, 5.41) is 1.00. The lowest BCUT2D eigenvalue weighted by Gasteiger charge is -2.31. The topological polar surface area (TPSA) is 68.5 Å². The second-order valence-corrected chi connectivity index (χ2v) is 7.89. The molecule has 4 rings (SSSR count). The zero-order chi connectivity index (χ0) is 17.4. The van der Waals surface area contributed by atoms with Crippen molar-refractivity contribution in [2.24, 2.45) is 0 Å². The summed E-state index contributed by atoms with van der Waals surface area (Å²) < 4.78 is 5.18. The summed E-state index contributed by atoms with van der Waals surface area (Å²) in [7, 11) is 0. The van der Waals surface area contributed by atoms with Crippen LogP contribution in [0.5, 0.6) is 0 Å². The number of hydrogen-bond acceptors (Lipinski definition) is 6. The molecule has 0 bridgehead atoms. The van der Waals surface area contributed by atoms with Crippen LogP contribution in [-0.4, -0.2) is 30.6 Å². The molecule has 5 nitrogen and oxygen atoms in total. The van der Waals surface area contributed by atoms with E-state index in [4.69, 9.17) is 15.5 Å². The molecule has 2 aromatic heterocycles. The van der Waals surface area contributed by atoms with Crippen molar-refractivity contribution in [1.82, 2.24) is 4.98 Å². The molecule has 1 aliphatic carbocycles. The quantitative estimate of drug-likeness (QED) is 0.841. The molecule has 0 spiro atoms. The number of anilines is 2. The van der Waals surface area contributed by atoms with Gasteiger partial charge in [0.25, 0.3) is 0 Å². The van der Waals surface area contributed by atoms with Crippen LogP contribution in [0.1, 0.15) is 59.8 Å². The molecule has 2 N–H and O–H groups in total. The molecule has 0 amide bonds. The van der Waals surface area contributed by atoms with Gasteiger partial charge in [-0.15, -0.1) is 11.3 Å². The van der Waals surface area contributed by atoms with Crippen molar-refractivity contribution in [3.8, 4) is 0 Å². The van der Waals surface area contributed by atoms with Crippen molar-refractivity contribution in [2.75, 3.05) is 30.3 Å². The van der Waals surface area contributed by atoms with Gasteiger partial charge in [-0.2, -0.15) is 0 Å². The first-order valence-electron chi connectivity index (χ1n) is 9.36. The molecule has 0 unspecified atom stereocenters. The van der Waals surface area contributed by atoms with Gasteiger partial charge in [0, 0.05) is 18.5 Å². The first-order chi connectivity index (χ1) is 12.2. The van der Waals surface area contributed by atoms with E-state index in [9.17, 15) is 4.79 Å². The summed E-state index contributed by atoms with van der Waals surface area (Å²) in [5.74, 6) is 0.811. The molecule has 134 valence electrons. The number of rotatable bonds is 3. The van der Waals surface area contributed by atoms with Crippen LogP contribution in [0, 0.1) is 0 Å². The Morgan fingerprint density at radius 3 is 2.60 bits per heavy atom. The first-order valence-corrected chi connectivity index (χ1v) is 10.2. The largest absolute Gasteiger partial charge is 0.462 e. The number of pyridine rings is 1. The minimum Gasteiger partial charge on any atom is -0.462 e. The van der Waals surface area contributed by atoms with Crippen LogP contribution in [0.4, 0.5) is 11.5 Å². The van der Waals surface area contributed by atoms with Gasteiger partial charge < -0.3 is 15.4 Å². The number of thiophene rings is 1. The van der Waals surface area contributed by atoms with Gasteiger partial charge in [-0.3, -0.25) is 0 Å². The van der Waals surface area contributed by atoms with Crippen LogP contribution in [0.3, 0.4) is 0 Å². The Morgan fingerprint density at radius 1 is 1.16 bits per heavy atom. The Bertz CT molecular complexity index is 809. The van der Waals surface area contributed by atoms with Gasteiger partial charge in [-0.05, 0) is 63.0 Å². The number of nitrogen functional groups attached to an aromatic ring is 1. The highest BCUT2D eigenvalue weighted by atomic mass is 32.1. The highest BCUT2D eigenvalue weighted by molar-refractivity contribution is 7.21. The van der Waals surface area contributed by atoms with Crippen LogP contribution in [-0.2, 0) is 17.6 Å². The van der Waals surface area contributed by atoms with Crippen molar-refractivity contribution in [1.29, 1.82) is 0 Å². The van der Waals surface area contributed by atoms with E-state index < -0.39 is 0 Å². The van der Waals surface area contributed by atoms with E-state index in [2.05, 4.69) is 4.90 Å². The molecule has 0 aromatic carbocycles. The van der Waals surface area contributed by atoms with E-state index in [1.807, 2.05) is 6.92 Å². The molecule has 3 heterocycles. The van der Waals surface area contributed by atoms with Gasteiger partial charge in [0.05, 0.1) is 12.3 Å². The highest BCUT2D eigenvalue weighted by Crippen LogP contribution is 2.42. The number of esters is 1. The number of aromatic nitrogens is 1. The maximum atomic E-state index is 12.3. The molecule has 6 heteroatoms. The SMILES string of the molecule is CCOC(=O)c1sc2nc(N3CCCCC3)c3c(c2c1N)CCCC3. The normalized spacial score (nSPS) is 17.6. The standard InChI is InChI=1S/C19H25N3O2S/c1-2-24-19(23)16-15(20)14-12-8-4-5-9-13(12)17(21-18(14)25-16)22-10-6-3-7-11-22/h2-11,20H2,1H3. The summed E-state index contributed by atoms with van der Waals surface area (Å²) in [4.78, 5) is 21.1. The molecular formula is C19H25N3O2S. The Hall–Kier alpha value is -1.82. The fourth-order valence-corrected chi connectivity index (χ4v) is 5.12. The highest BCUT2D eigenvalue weighted by Gasteiger charge is 2.27. The van der Waals surface area contributed by atoms with Crippen molar-refractivity contribution >= 4 is 39.0 Å². The predicted molar refractivity (Wildman–Crippen MR) is 103 cm³/mol. The number of nitrogens with zero attached hydrogens (tertiary/aromatic N) is 2. The fourth-order valence-electron chi connectivity index (χ4n) is 4.11. The molecule has 0 radical (unpaired) electrons. The van der Waals surface area contributed by atoms with Crippen LogP contribution in [0.2, 0.25) is 0 Å². The third-order valence-electron chi connectivity index (χ3n) is 5.29. The number of nitrogens with two attached hydrogens (primary N) is 1. The molecule has 1 fully saturated rings. The minimum absolute atomic E-state index is 0.327. The number of carbonyl (C=O) groups is 1. The van der Waals surface area contributed by atoms with Gasteiger partial charge in [0.15, 0.2) is 0 Å². The summed E-state index contributed by atoms with van der Waals surface area (Å²) in [6.45, 7) is 4.33. The van der Waals surface area contributed by atoms with E-state index >= 15 is 0 Å². The zero-order valence-corrected chi connectivity index (χ0v) is 15.6. The van der Waals surface area contributed by atoms with E-state index in [1.165, 1.54) is 54.6 Å². The zero-order valence-electron chi connectivity index (χ0n) is 14.8. The molecule has 2 aliphatic rings. The average Bonchev–Trinajstić information content (AvgIpc) is 2.99. The minimum atomic E-state index is -0.327. The summed E-state index contributed by atoms with van der Waals surface area (Å²) in [5.41, 5.74) is 9.63. The number of fused-ring (bicyclic) bond motifs is 3. The predicted octanol–water partition coefficient (Wildman–Crippen LogP) is 3.92. The Kier molecular flexibility index (Phi) is 4.54. The lowest BCUT2D eigenvalue weighted by Crippen LogP contribution is -2.31. The van der Waals surface area contributed by atoms with E-state index in [1.54, 1.807) is 0 Å². The van der Waals surface area contributed by atoms with Crippen LogP contribution in [0.25, 0.3) is 10.2 Å². The molecule has 25 heavy (non-hydrogen) atoms. The first kappa shape index (κ1) is 16.6. The second kappa shape index (κ2) is 6.83. The molecule has 0 saturated carbocycles. The number of hydrogen-bond donors (Lipinski definition) is 1. The van der Waals surface area contributed by atoms with Gasteiger partial charge in [0.2, 0.25) is 0 Å². The van der Waals surface area contributed by atoms with Crippen molar-refractivity contribution in [3.05, 3.63) is 16.0 Å². The van der Waals surface area contributed by atoms with E-state index in [0.29, 0.717) is 17.2 Å². The fraction of sp³-hybridized carbons (Fsp3) is 0.579. The van der Waals surface area contributed by atoms with Crippen molar-refractivity contribution in [3.63, 3.8) is 0 Å². The third-order valence-corrected chi connectivity index (χ3v) is 6.37. The van der Waals surface area contributed by atoms with E-state index in [-0.39, 0.29) is 5.97 Å². The van der Waals surface area contributed by atoms with Crippen molar-refractivity contribution in [2.45, 2.75) is 51.9 Å². The number of piperidine rings is 1. The van der Waals surface area contributed by atoms with Gasteiger partial charge in [-0.1, -0.05) is 0 Å². The lowest BCUT2D eigenvalue weighted by atomic mass is 9.89. The van der Waals surface area contributed by atoms with Crippen LogP contribution in [0.15, 0.2) is 0 Å². The number of carbonyl (C=O) groups excluding carboxylic acids is 1. The molecule has 0 atom stereocenters. The van der Waals surface area contributed by atoms with Crippen LogP contribution < -0.4 is 10.6 Å². The summed E-state index contributed by atoms with van der Waals surface area (Å²) in [6.07, 6.45) is 8.24. The lowest BCUT2D eigenvalue weighted by molar-refractivity contribution is 0.0533. The maximum absolute atomic E-state index is 12.3. The van der Waals surface area contributed by atoms with E-state index in [0.717, 1.165) is 42.0 Å². The maximum Gasteiger partial charge on any atom is 0.350 e. The van der Waals surface area contributed by atoms with Gasteiger partial charge in [-0.25, -0.2) is 9.78 Å².